The van der Waals surface area contributed by atoms with E-state index < -0.39 is 15.6 Å². The Hall–Kier alpha value is -1.15. The van der Waals surface area contributed by atoms with Crippen molar-refractivity contribution in [2.45, 2.75) is 83.7 Å². The summed E-state index contributed by atoms with van der Waals surface area (Å²) in [4.78, 5) is 0. The molecule has 1 aromatic heterocycles. The van der Waals surface area contributed by atoms with Crippen LogP contribution in [-0.4, -0.2) is 18.5 Å². The van der Waals surface area contributed by atoms with E-state index in [0.29, 0.717) is 0 Å². The summed E-state index contributed by atoms with van der Waals surface area (Å²) >= 11 is 0. The number of alkyl halides is 3. The van der Waals surface area contributed by atoms with Gasteiger partial charge in [-0.1, -0.05) is 57.9 Å². The molecule has 0 aliphatic heterocycles. The lowest BCUT2D eigenvalue weighted by atomic mass is 10.1. The normalized spacial score (nSPS) is 11.8. The molecular formula is C18H30F3NO3S. The van der Waals surface area contributed by atoms with Gasteiger partial charge in [0.25, 0.3) is 0 Å². The van der Waals surface area contributed by atoms with Crippen LogP contribution >= 0.6 is 0 Å². The highest BCUT2D eigenvalue weighted by Gasteiger charge is 2.36. The van der Waals surface area contributed by atoms with Crippen molar-refractivity contribution in [2.24, 2.45) is 0 Å². The highest BCUT2D eigenvalue weighted by atomic mass is 32.2. The maximum absolute atomic E-state index is 10.7. The molecule has 0 aromatic carbocycles. The van der Waals surface area contributed by atoms with E-state index in [-0.39, 0.29) is 0 Å². The molecule has 0 saturated heterocycles. The van der Waals surface area contributed by atoms with Crippen molar-refractivity contribution in [1.82, 2.24) is 0 Å². The van der Waals surface area contributed by atoms with Gasteiger partial charge in [-0.15, -0.1) is 0 Å². The molecule has 152 valence electrons. The van der Waals surface area contributed by atoms with E-state index in [4.69, 9.17) is 13.0 Å². The Morgan fingerprint density at radius 1 is 0.962 bits per heavy atom. The number of unbranched alkanes of at least 4 members (excludes halogenated alkanes) is 8. The topological polar surface area (TPSA) is 61.1 Å². The van der Waals surface area contributed by atoms with Crippen LogP contribution < -0.4 is 4.57 Å². The van der Waals surface area contributed by atoms with Crippen LogP contribution in [0.1, 0.15) is 70.4 Å². The maximum Gasteiger partial charge on any atom is 0.485 e. The third kappa shape index (κ3) is 12.2. The second-order valence-electron chi connectivity index (χ2n) is 6.26. The third-order valence-electron chi connectivity index (χ3n) is 3.95. The predicted octanol–water partition coefficient (Wildman–Crippen LogP) is 4.86. The number of nitrogens with zero attached hydrogens (tertiary/aromatic N) is 1. The van der Waals surface area contributed by atoms with E-state index >= 15 is 0 Å². The van der Waals surface area contributed by atoms with Crippen LogP contribution in [0.25, 0.3) is 0 Å². The van der Waals surface area contributed by atoms with Gasteiger partial charge in [0.15, 0.2) is 22.0 Å². The summed E-state index contributed by atoms with van der Waals surface area (Å²) in [6.45, 7) is 5.65. The Morgan fingerprint density at radius 3 is 1.85 bits per heavy atom. The van der Waals surface area contributed by atoms with Crippen molar-refractivity contribution in [3.63, 3.8) is 0 Å². The van der Waals surface area contributed by atoms with Crippen LogP contribution in [0.2, 0.25) is 0 Å². The summed E-state index contributed by atoms with van der Waals surface area (Å²) in [6, 6.07) is 6.43. The molecule has 0 aliphatic carbocycles. The quantitative estimate of drug-likeness (QED) is 0.245. The molecule has 1 heterocycles. The lowest BCUT2D eigenvalue weighted by Gasteiger charge is -2.08. The number of pyridine rings is 1. The number of hydrogen-bond donors (Lipinski definition) is 0. The fraction of sp³-hybridized carbons (Fsp3) is 0.722. The molecule has 0 N–H and O–H groups in total. The molecule has 0 amide bonds. The van der Waals surface area contributed by atoms with Crippen molar-refractivity contribution < 1.29 is 30.7 Å². The molecule has 0 saturated carbocycles. The van der Waals surface area contributed by atoms with E-state index in [1.54, 1.807) is 0 Å². The highest BCUT2D eigenvalue weighted by molar-refractivity contribution is 7.86. The Labute approximate surface area is 155 Å². The Bertz CT molecular complexity index is 590. The van der Waals surface area contributed by atoms with Crippen LogP contribution in [0.4, 0.5) is 13.2 Å². The monoisotopic (exact) mass is 397 g/mol. The minimum atomic E-state index is -6.09. The molecule has 4 nitrogen and oxygen atoms in total. The molecule has 0 unspecified atom stereocenters. The van der Waals surface area contributed by atoms with Gasteiger partial charge < -0.3 is 4.55 Å². The summed E-state index contributed by atoms with van der Waals surface area (Å²) < 4.78 is 61.3. The highest BCUT2D eigenvalue weighted by Crippen LogP contribution is 2.20. The largest absolute Gasteiger partial charge is 0.741 e. The molecular weight excluding hydrogens is 367 g/mol. The Kier molecular flexibility index (Phi) is 12.5. The summed E-state index contributed by atoms with van der Waals surface area (Å²) in [5, 5.41) is 0. The molecule has 26 heavy (non-hydrogen) atoms. The van der Waals surface area contributed by atoms with Gasteiger partial charge in [0.2, 0.25) is 0 Å². The molecule has 0 fully saturated rings. The lowest BCUT2D eigenvalue weighted by Crippen LogP contribution is -2.36. The van der Waals surface area contributed by atoms with Crippen LogP contribution in [0.15, 0.2) is 24.4 Å². The van der Waals surface area contributed by atoms with E-state index in [1.807, 2.05) is 0 Å². The van der Waals surface area contributed by atoms with Crippen molar-refractivity contribution in [3.05, 3.63) is 30.1 Å². The van der Waals surface area contributed by atoms with Crippen molar-refractivity contribution >= 4 is 10.1 Å². The van der Waals surface area contributed by atoms with Gasteiger partial charge in [-0.3, -0.25) is 0 Å². The second kappa shape index (κ2) is 13.1. The van der Waals surface area contributed by atoms with Gasteiger partial charge in [-0.2, -0.15) is 13.2 Å². The standard InChI is InChI=1S/C17H30N.CHF3O3S/c1-3-4-5-6-7-8-9-10-12-15-18-16-13-11-14-17(18)2;2-1(3,4)8(5,6)7/h11,13-14,16H,3-10,12,15H2,1-2H3;(H,5,6,7)/q+1;/p-1. The average Bonchev–Trinajstić information content (AvgIpc) is 2.53. The SMILES string of the molecule is CCCCCCCCCCC[n+]1ccccc1C.O=S(=O)([O-])C(F)(F)F. The lowest BCUT2D eigenvalue weighted by molar-refractivity contribution is -0.703. The summed E-state index contributed by atoms with van der Waals surface area (Å²) in [6.07, 6.45) is 14.9. The Balaban J connectivity index is 0.000000660. The third-order valence-corrected chi connectivity index (χ3v) is 4.52. The molecule has 0 radical (unpaired) electrons. The molecule has 8 heteroatoms. The fourth-order valence-electron chi connectivity index (χ4n) is 2.41. The van der Waals surface area contributed by atoms with Gasteiger partial charge >= 0.3 is 5.51 Å². The van der Waals surface area contributed by atoms with Crippen LogP contribution in [0.3, 0.4) is 0 Å². The van der Waals surface area contributed by atoms with Crippen molar-refractivity contribution in [2.75, 3.05) is 0 Å². The first-order chi connectivity index (χ1) is 12.1. The number of rotatable bonds is 10. The number of aromatic nitrogens is 1. The summed E-state index contributed by atoms with van der Waals surface area (Å²) in [5.41, 5.74) is -4.27. The van der Waals surface area contributed by atoms with E-state index in [9.17, 15) is 13.2 Å². The maximum atomic E-state index is 10.7. The number of hydrogen-bond acceptors (Lipinski definition) is 3. The molecule has 0 bridgehead atoms. The zero-order chi connectivity index (χ0) is 20.1. The number of halogens is 3. The van der Waals surface area contributed by atoms with Gasteiger partial charge in [0.1, 0.15) is 6.54 Å². The smallest absolute Gasteiger partial charge is 0.485 e. The molecule has 1 rings (SSSR count). The molecule has 1 aromatic rings. The fourth-order valence-corrected chi connectivity index (χ4v) is 2.41. The minimum Gasteiger partial charge on any atom is -0.741 e. The molecule has 0 aliphatic rings. The Morgan fingerprint density at radius 2 is 1.42 bits per heavy atom. The zero-order valence-corrected chi connectivity index (χ0v) is 16.4. The van der Waals surface area contributed by atoms with E-state index in [0.717, 1.165) is 0 Å². The van der Waals surface area contributed by atoms with Crippen molar-refractivity contribution in [1.29, 1.82) is 0 Å². The second-order valence-corrected chi connectivity index (χ2v) is 7.63. The molecule has 0 atom stereocenters. The zero-order valence-electron chi connectivity index (χ0n) is 15.6. The van der Waals surface area contributed by atoms with Gasteiger partial charge in [-0.25, -0.2) is 13.0 Å². The van der Waals surface area contributed by atoms with Crippen LogP contribution in [-0.2, 0) is 16.7 Å². The van der Waals surface area contributed by atoms with Crippen LogP contribution in [0, 0.1) is 6.92 Å². The minimum absolute atomic E-state index is 1.18. The van der Waals surface area contributed by atoms with Crippen LogP contribution in [0.5, 0.6) is 0 Å². The summed E-state index contributed by atoms with van der Waals surface area (Å²) in [5.74, 6) is 0. The van der Waals surface area contributed by atoms with E-state index in [2.05, 4.69) is 42.8 Å². The summed E-state index contributed by atoms with van der Waals surface area (Å²) in [7, 11) is -6.09. The van der Waals surface area contributed by atoms with Crippen molar-refractivity contribution in [3.8, 4) is 0 Å². The predicted molar refractivity (Wildman–Crippen MR) is 94.4 cm³/mol. The first-order valence-corrected chi connectivity index (χ1v) is 10.5. The van der Waals surface area contributed by atoms with Gasteiger partial charge in [0.05, 0.1) is 0 Å². The average molecular weight is 398 g/mol. The first kappa shape index (κ1) is 24.8. The molecule has 0 spiro atoms. The van der Waals surface area contributed by atoms with E-state index in [1.165, 1.54) is 70.0 Å². The van der Waals surface area contributed by atoms with Gasteiger partial charge in [0, 0.05) is 25.5 Å². The van der Waals surface area contributed by atoms with Gasteiger partial charge in [-0.05, 0) is 6.42 Å². The first-order valence-electron chi connectivity index (χ1n) is 9.06. The number of aryl methyl sites for hydroxylation is 2.